The summed E-state index contributed by atoms with van der Waals surface area (Å²) in [6.45, 7) is 2.22. The molecule has 0 amide bonds. The fraction of sp³-hybridized carbons (Fsp3) is 0.235. The molecule has 0 atom stereocenters. The predicted octanol–water partition coefficient (Wildman–Crippen LogP) is 4.78. The van der Waals surface area contributed by atoms with Crippen LogP contribution < -0.4 is 0 Å². The van der Waals surface area contributed by atoms with E-state index in [1.807, 2.05) is 30.5 Å². The van der Waals surface area contributed by atoms with E-state index in [0.717, 1.165) is 17.7 Å². The zero-order chi connectivity index (χ0) is 12.6. The van der Waals surface area contributed by atoms with Crippen molar-refractivity contribution in [2.45, 2.75) is 26.2 Å². The van der Waals surface area contributed by atoms with Crippen LogP contribution in [0.5, 0.6) is 0 Å². The van der Waals surface area contributed by atoms with Crippen molar-refractivity contribution in [3.05, 3.63) is 65.7 Å². The van der Waals surface area contributed by atoms with E-state index in [1.165, 1.54) is 18.4 Å². The van der Waals surface area contributed by atoms with Gasteiger partial charge >= 0.3 is 0 Å². The van der Waals surface area contributed by atoms with Crippen LogP contribution in [0, 0.1) is 0 Å². The Hall–Kier alpha value is -1.89. The zero-order valence-electron chi connectivity index (χ0n) is 10.8. The summed E-state index contributed by atoms with van der Waals surface area (Å²) in [6, 6.07) is 18.6. The lowest BCUT2D eigenvalue weighted by Gasteiger charge is -2.04. The molecule has 0 unspecified atom stereocenters. The van der Waals surface area contributed by atoms with Crippen LogP contribution in [0.1, 0.15) is 30.9 Å². The Labute approximate surface area is 109 Å². The van der Waals surface area contributed by atoms with E-state index < -0.39 is 0 Å². The molecule has 0 radical (unpaired) electrons. The highest BCUT2D eigenvalue weighted by Crippen LogP contribution is 2.20. The predicted molar refractivity (Wildman–Crippen MR) is 78.8 cm³/mol. The maximum Gasteiger partial charge on any atom is 0.0661 e. The van der Waals surface area contributed by atoms with E-state index in [1.54, 1.807) is 0 Å². The van der Waals surface area contributed by atoms with Crippen molar-refractivity contribution in [2.24, 2.45) is 4.99 Å². The van der Waals surface area contributed by atoms with Gasteiger partial charge in [-0.25, -0.2) is 0 Å². The number of hydrogen-bond acceptors (Lipinski definition) is 1. The normalized spacial score (nSPS) is 10.9. The number of aryl methyl sites for hydroxylation is 1. The van der Waals surface area contributed by atoms with Crippen LogP contribution >= 0.6 is 0 Å². The largest absolute Gasteiger partial charge is 0.256 e. The first kappa shape index (κ1) is 12.6. The molecule has 18 heavy (non-hydrogen) atoms. The van der Waals surface area contributed by atoms with Crippen molar-refractivity contribution in [3.8, 4) is 0 Å². The highest BCUT2D eigenvalue weighted by molar-refractivity contribution is 5.82. The van der Waals surface area contributed by atoms with Crippen LogP contribution in [0.3, 0.4) is 0 Å². The molecule has 0 spiro atoms. The lowest BCUT2D eigenvalue weighted by atomic mass is 10.1. The number of hydrogen-bond donors (Lipinski definition) is 0. The van der Waals surface area contributed by atoms with Crippen molar-refractivity contribution in [1.82, 2.24) is 0 Å². The maximum absolute atomic E-state index is 4.60. The van der Waals surface area contributed by atoms with Crippen LogP contribution in [0.2, 0.25) is 0 Å². The average Bonchev–Trinajstić information content (AvgIpc) is 2.45. The lowest BCUT2D eigenvalue weighted by Crippen LogP contribution is -1.86. The molecule has 1 heteroatoms. The van der Waals surface area contributed by atoms with Gasteiger partial charge in [0.15, 0.2) is 0 Å². The molecule has 1 nitrogen and oxygen atoms in total. The summed E-state index contributed by atoms with van der Waals surface area (Å²) in [5.41, 5.74) is 3.57. The number of aliphatic imine (C=N–C) groups is 1. The van der Waals surface area contributed by atoms with Gasteiger partial charge in [-0.2, -0.15) is 0 Å². The molecule has 0 fully saturated rings. The summed E-state index contributed by atoms with van der Waals surface area (Å²) in [6.07, 6.45) is 5.48. The zero-order valence-corrected chi connectivity index (χ0v) is 10.8. The standard InChI is InChI=1S/C17H19N/c1-2-3-11-16-12-7-8-13-17(16)18-14-15-9-5-4-6-10-15/h4-10,12-14H,2-3,11H2,1H3. The molecule has 0 N–H and O–H groups in total. The van der Waals surface area contributed by atoms with Gasteiger partial charge in [-0.15, -0.1) is 0 Å². The second-order valence-corrected chi connectivity index (χ2v) is 4.40. The molecule has 0 saturated carbocycles. The number of para-hydroxylation sites is 1. The number of unbranched alkanes of at least 4 members (excludes halogenated alkanes) is 1. The third-order valence-corrected chi connectivity index (χ3v) is 2.94. The Bertz CT molecular complexity index is 500. The Morgan fingerprint density at radius 2 is 1.67 bits per heavy atom. The summed E-state index contributed by atoms with van der Waals surface area (Å²) < 4.78 is 0. The van der Waals surface area contributed by atoms with Crippen LogP contribution in [0.25, 0.3) is 0 Å². The molecule has 2 rings (SSSR count). The SMILES string of the molecule is CCCCc1ccccc1N=Cc1ccccc1. The second-order valence-electron chi connectivity index (χ2n) is 4.40. The van der Waals surface area contributed by atoms with Gasteiger partial charge in [-0.1, -0.05) is 61.9 Å². The Morgan fingerprint density at radius 3 is 2.44 bits per heavy atom. The van der Waals surface area contributed by atoms with Crippen LogP contribution in [-0.4, -0.2) is 6.21 Å². The molecule has 0 heterocycles. The third kappa shape index (κ3) is 3.56. The Balaban J connectivity index is 2.15. The van der Waals surface area contributed by atoms with Gasteiger partial charge in [0.25, 0.3) is 0 Å². The third-order valence-electron chi connectivity index (χ3n) is 2.94. The molecular weight excluding hydrogens is 218 g/mol. The molecule has 0 saturated heterocycles. The summed E-state index contributed by atoms with van der Waals surface area (Å²) in [5, 5.41) is 0. The van der Waals surface area contributed by atoms with E-state index in [0.29, 0.717) is 0 Å². The van der Waals surface area contributed by atoms with Gasteiger partial charge in [0, 0.05) is 6.21 Å². The van der Waals surface area contributed by atoms with Crippen molar-refractivity contribution in [1.29, 1.82) is 0 Å². The minimum Gasteiger partial charge on any atom is -0.256 e. The molecule has 2 aromatic carbocycles. The van der Waals surface area contributed by atoms with Crippen LogP contribution in [-0.2, 0) is 6.42 Å². The fourth-order valence-corrected chi connectivity index (χ4v) is 1.90. The van der Waals surface area contributed by atoms with Gasteiger partial charge in [0.05, 0.1) is 5.69 Å². The number of rotatable bonds is 5. The minimum atomic E-state index is 1.09. The molecular formula is C17H19N. The first-order chi connectivity index (χ1) is 8.90. The van der Waals surface area contributed by atoms with E-state index >= 15 is 0 Å². The van der Waals surface area contributed by atoms with Crippen molar-refractivity contribution < 1.29 is 0 Å². The minimum absolute atomic E-state index is 1.09. The Morgan fingerprint density at radius 1 is 0.944 bits per heavy atom. The van der Waals surface area contributed by atoms with Crippen molar-refractivity contribution >= 4 is 11.9 Å². The van der Waals surface area contributed by atoms with Gasteiger partial charge in [-0.3, -0.25) is 4.99 Å². The van der Waals surface area contributed by atoms with E-state index in [2.05, 4.69) is 42.2 Å². The molecule has 92 valence electrons. The lowest BCUT2D eigenvalue weighted by molar-refractivity contribution is 0.795. The van der Waals surface area contributed by atoms with Gasteiger partial charge < -0.3 is 0 Å². The van der Waals surface area contributed by atoms with Crippen LogP contribution in [0.4, 0.5) is 5.69 Å². The van der Waals surface area contributed by atoms with Gasteiger partial charge in [0.1, 0.15) is 0 Å². The summed E-state index contributed by atoms with van der Waals surface area (Å²) in [4.78, 5) is 4.60. The molecule has 0 bridgehead atoms. The van der Waals surface area contributed by atoms with Gasteiger partial charge in [0.2, 0.25) is 0 Å². The summed E-state index contributed by atoms with van der Waals surface area (Å²) >= 11 is 0. The highest BCUT2D eigenvalue weighted by atomic mass is 14.7. The molecule has 2 aromatic rings. The van der Waals surface area contributed by atoms with Crippen molar-refractivity contribution in [2.75, 3.05) is 0 Å². The summed E-state index contributed by atoms with van der Waals surface area (Å²) in [7, 11) is 0. The van der Waals surface area contributed by atoms with Crippen molar-refractivity contribution in [3.63, 3.8) is 0 Å². The second kappa shape index (κ2) is 6.75. The first-order valence-corrected chi connectivity index (χ1v) is 6.57. The fourth-order valence-electron chi connectivity index (χ4n) is 1.90. The molecule has 0 aliphatic rings. The smallest absolute Gasteiger partial charge is 0.0661 e. The molecule has 0 aromatic heterocycles. The average molecular weight is 237 g/mol. The highest BCUT2D eigenvalue weighted by Gasteiger charge is 1.98. The quantitative estimate of drug-likeness (QED) is 0.664. The molecule has 0 aliphatic heterocycles. The van der Waals surface area contributed by atoms with E-state index in [9.17, 15) is 0 Å². The number of benzene rings is 2. The monoisotopic (exact) mass is 237 g/mol. The summed E-state index contributed by atoms with van der Waals surface area (Å²) in [5.74, 6) is 0. The maximum atomic E-state index is 4.60. The number of nitrogens with zero attached hydrogens (tertiary/aromatic N) is 1. The van der Waals surface area contributed by atoms with Gasteiger partial charge in [-0.05, 0) is 30.0 Å². The molecule has 0 aliphatic carbocycles. The van der Waals surface area contributed by atoms with E-state index in [-0.39, 0.29) is 0 Å². The Kier molecular flexibility index (Phi) is 4.71. The van der Waals surface area contributed by atoms with E-state index in [4.69, 9.17) is 0 Å². The topological polar surface area (TPSA) is 12.4 Å². The first-order valence-electron chi connectivity index (χ1n) is 6.57. The van der Waals surface area contributed by atoms with Crippen LogP contribution in [0.15, 0.2) is 59.6 Å².